The van der Waals surface area contributed by atoms with Crippen molar-refractivity contribution in [2.75, 3.05) is 11.9 Å². The molecule has 0 saturated carbocycles. The van der Waals surface area contributed by atoms with E-state index in [1.807, 2.05) is 59.6 Å². The molecular formula is C27H23BrFN5OS. The number of anilines is 1. The zero-order chi connectivity index (χ0) is 25.1. The van der Waals surface area contributed by atoms with Crippen molar-refractivity contribution in [2.45, 2.75) is 18.5 Å². The van der Waals surface area contributed by atoms with Gasteiger partial charge in [0.2, 0.25) is 5.91 Å². The molecule has 2 atom stereocenters. The van der Waals surface area contributed by atoms with Gasteiger partial charge in [0.15, 0.2) is 5.11 Å². The van der Waals surface area contributed by atoms with Crippen molar-refractivity contribution in [3.8, 4) is 5.69 Å². The minimum absolute atomic E-state index is 0.139. The fourth-order valence-electron chi connectivity index (χ4n) is 4.44. The summed E-state index contributed by atoms with van der Waals surface area (Å²) in [6.07, 6.45) is 3.91. The van der Waals surface area contributed by atoms with E-state index in [4.69, 9.17) is 12.2 Å². The van der Waals surface area contributed by atoms with E-state index in [2.05, 4.69) is 42.2 Å². The van der Waals surface area contributed by atoms with Crippen LogP contribution in [0.1, 0.15) is 29.9 Å². The average Bonchev–Trinajstić information content (AvgIpc) is 3.49. The van der Waals surface area contributed by atoms with Crippen molar-refractivity contribution in [2.24, 2.45) is 0 Å². The Bertz CT molecular complexity index is 1380. The number of thiocarbonyl (C=S) groups is 1. The molecule has 3 heterocycles. The minimum Gasteiger partial charge on any atom is -0.352 e. The molecule has 0 spiro atoms. The zero-order valence-corrected chi connectivity index (χ0v) is 21.5. The molecule has 6 nitrogen and oxygen atoms in total. The van der Waals surface area contributed by atoms with E-state index in [1.165, 1.54) is 6.07 Å². The van der Waals surface area contributed by atoms with Crippen LogP contribution in [0.25, 0.3) is 5.69 Å². The number of carbonyl (C=O) groups is 1. The van der Waals surface area contributed by atoms with Crippen LogP contribution in [0.2, 0.25) is 0 Å². The first-order valence-electron chi connectivity index (χ1n) is 11.5. The first kappa shape index (κ1) is 24.1. The largest absolute Gasteiger partial charge is 0.352 e. The topological polar surface area (TPSA) is 62.2 Å². The molecule has 0 aliphatic carbocycles. The Morgan fingerprint density at radius 1 is 1.06 bits per heavy atom. The number of hydrogen-bond acceptors (Lipinski definition) is 3. The molecule has 36 heavy (non-hydrogen) atoms. The number of hydrogen-bond donors (Lipinski definition) is 2. The lowest BCUT2D eigenvalue weighted by molar-refractivity contribution is -0.116. The summed E-state index contributed by atoms with van der Waals surface area (Å²) in [7, 11) is 0. The number of nitrogens with zero attached hydrogens (tertiary/aromatic N) is 3. The molecule has 9 heteroatoms. The van der Waals surface area contributed by atoms with E-state index in [0.717, 1.165) is 21.5 Å². The number of pyridine rings is 1. The fraction of sp³-hybridized carbons (Fsp3) is 0.148. The van der Waals surface area contributed by atoms with Crippen LogP contribution < -0.4 is 10.6 Å². The summed E-state index contributed by atoms with van der Waals surface area (Å²) < 4.78 is 17.1. The van der Waals surface area contributed by atoms with E-state index in [-0.39, 0.29) is 30.1 Å². The van der Waals surface area contributed by atoms with E-state index in [9.17, 15) is 9.18 Å². The maximum atomic E-state index is 14.0. The van der Waals surface area contributed by atoms with Crippen molar-refractivity contribution in [3.63, 3.8) is 0 Å². The molecule has 5 rings (SSSR count). The predicted molar refractivity (Wildman–Crippen MR) is 145 cm³/mol. The van der Waals surface area contributed by atoms with E-state index >= 15 is 0 Å². The summed E-state index contributed by atoms with van der Waals surface area (Å²) in [4.78, 5) is 19.3. The third kappa shape index (κ3) is 5.03. The lowest BCUT2D eigenvalue weighted by Gasteiger charge is -2.29. The molecule has 2 N–H and O–H groups in total. The Morgan fingerprint density at radius 2 is 1.83 bits per heavy atom. The van der Waals surface area contributed by atoms with Gasteiger partial charge in [-0.05, 0) is 72.9 Å². The Balaban J connectivity index is 1.44. The molecule has 4 aromatic rings. The van der Waals surface area contributed by atoms with Crippen LogP contribution in [0.4, 0.5) is 10.1 Å². The molecule has 1 aliphatic heterocycles. The Morgan fingerprint density at radius 3 is 2.58 bits per heavy atom. The van der Waals surface area contributed by atoms with Gasteiger partial charge in [0, 0.05) is 41.2 Å². The highest BCUT2D eigenvalue weighted by molar-refractivity contribution is 9.10. The van der Waals surface area contributed by atoms with Crippen molar-refractivity contribution in [1.29, 1.82) is 0 Å². The van der Waals surface area contributed by atoms with E-state index in [0.29, 0.717) is 11.7 Å². The first-order valence-corrected chi connectivity index (χ1v) is 12.7. The second-order valence-corrected chi connectivity index (χ2v) is 9.68. The maximum Gasteiger partial charge on any atom is 0.226 e. The molecule has 182 valence electrons. The second kappa shape index (κ2) is 10.6. The third-order valence-electron chi connectivity index (χ3n) is 6.11. The standard InChI is InChI=1S/C27H23BrFN5OS/c28-18-10-12-19(13-11-18)33-16-5-9-23(33)26-25(22-8-3-4-15-30-22)32-27(36)34(26)17-14-24(35)31-21-7-2-1-6-20(21)29/h1-13,15-16,25-26H,14,17H2,(H,31,35)(H,32,36)/t25-,26+/m0/s1. The molecule has 1 saturated heterocycles. The van der Waals surface area contributed by atoms with Crippen molar-refractivity contribution in [1.82, 2.24) is 19.8 Å². The van der Waals surface area contributed by atoms with Gasteiger partial charge in [-0.1, -0.05) is 34.1 Å². The number of carbonyl (C=O) groups excluding carboxylic acids is 1. The number of nitrogens with one attached hydrogen (secondary N) is 2. The summed E-state index contributed by atoms with van der Waals surface area (Å²) in [5.41, 5.74) is 3.03. The molecule has 0 bridgehead atoms. The number of amides is 1. The molecule has 1 fully saturated rings. The molecule has 1 amide bonds. The second-order valence-electron chi connectivity index (χ2n) is 8.38. The summed E-state index contributed by atoms with van der Waals surface area (Å²) in [5.74, 6) is -0.754. The fourth-order valence-corrected chi connectivity index (χ4v) is 5.03. The van der Waals surface area contributed by atoms with Gasteiger partial charge in [-0.2, -0.15) is 0 Å². The van der Waals surface area contributed by atoms with Gasteiger partial charge in [-0.15, -0.1) is 0 Å². The summed E-state index contributed by atoms with van der Waals surface area (Å²) in [6, 6.07) is 23.6. The third-order valence-corrected chi connectivity index (χ3v) is 6.99. The molecule has 2 aromatic heterocycles. The van der Waals surface area contributed by atoms with Crippen LogP contribution in [0.5, 0.6) is 0 Å². The van der Waals surface area contributed by atoms with Crippen LogP contribution in [-0.2, 0) is 4.79 Å². The highest BCUT2D eigenvalue weighted by Crippen LogP contribution is 2.39. The van der Waals surface area contributed by atoms with Gasteiger partial charge in [0.25, 0.3) is 0 Å². The highest BCUT2D eigenvalue weighted by Gasteiger charge is 2.41. The Labute approximate surface area is 222 Å². The summed E-state index contributed by atoms with van der Waals surface area (Å²) in [5, 5.41) is 6.61. The maximum absolute atomic E-state index is 14.0. The monoisotopic (exact) mass is 563 g/mol. The van der Waals surface area contributed by atoms with Gasteiger partial charge >= 0.3 is 0 Å². The van der Waals surface area contributed by atoms with Crippen molar-refractivity contribution < 1.29 is 9.18 Å². The van der Waals surface area contributed by atoms with Crippen LogP contribution >= 0.6 is 28.1 Å². The van der Waals surface area contributed by atoms with Crippen LogP contribution in [-0.4, -0.2) is 32.0 Å². The molecule has 2 aromatic carbocycles. The molecule has 1 aliphatic rings. The first-order chi connectivity index (χ1) is 17.5. The van der Waals surface area contributed by atoms with Gasteiger partial charge in [0.05, 0.1) is 23.5 Å². The lowest BCUT2D eigenvalue weighted by Crippen LogP contribution is -2.33. The Hall–Kier alpha value is -3.56. The van der Waals surface area contributed by atoms with Gasteiger partial charge in [-0.25, -0.2) is 4.39 Å². The van der Waals surface area contributed by atoms with E-state index < -0.39 is 5.82 Å². The number of para-hydroxylation sites is 1. The highest BCUT2D eigenvalue weighted by atomic mass is 79.9. The average molecular weight is 564 g/mol. The smallest absolute Gasteiger partial charge is 0.226 e. The van der Waals surface area contributed by atoms with E-state index in [1.54, 1.807) is 24.4 Å². The SMILES string of the molecule is O=C(CCN1C(=S)N[C@@H](c2ccccn2)[C@H]1c1cccn1-c1ccc(Br)cc1)Nc1ccccc1F. The number of halogens is 2. The molecule has 0 radical (unpaired) electrons. The van der Waals surface area contributed by atoms with Crippen LogP contribution in [0, 0.1) is 5.82 Å². The predicted octanol–water partition coefficient (Wildman–Crippen LogP) is 5.78. The normalized spacial score (nSPS) is 17.2. The number of rotatable bonds is 7. The van der Waals surface area contributed by atoms with Crippen LogP contribution in [0.3, 0.4) is 0 Å². The van der Waals surface area contributed by atoms with Gasteiger partial charge in [-0.3, -0.25) is 9.78 Å². The Kier molecular flexibility index (Phi) is 7.11. The molecular weight excluding hydrogens is 541 g/mol. The zero-order valence-electron chi connectivity index (χ0n) is 19.1. The summed E-state index contributed by atoms with van der Waals surface area (Å²) >= 11 is 9.23. The quantitative estimate of drug-likeness (QED) is 0.279. The van der Waals surface area contributed by atoms with Crippen molar-refractivity contribution >= 4 is 44.9 Å². The van der Waals surface area contributed by atoms with Gasteiger partial charge in [0.1, 0.15) is 5.82 Å². The number of benzene rings is 2. The number of aromatic nitrogens is 2. The lowest BCUT2D eigenvalue weighted by atomic mass is 10.0. The summed E-state index contributed by atoms with van der Waals surface area (Å²) in [6.45, 7) is 0.353. The van der Waals surface area contributed by atoms with Crippen molar-refractivity contribution in [3.05, 3.63) is 113 Å². The van der Waals surface area contributed by atoms with Gasteiger partial charge < -0.3 is 20.1 Å². The van der Waals surface area contributed by atoms with Crippen LogP contribution in [0.15, 0.2) is 95.7 Å². The minimum atomic E-state index is -0.468. The molecule has 0 unspecified atom stereocenters.